The molecule has 1 rings (SSSR count). The minimum Gasteiger partial charge on any atom is -0.465 e. The first-order valence-electron chi connectivity index (χ1n) is 42.3. The fraction of sp³-hybridized carbons (Fsp3) is 0.843. The average Bonchev–Trinajstić information content (AvgIpc) is 0.826. The van der Waals surface area contributed by atoms with E-state index < -0.39 is 93.9 Å². The van der Waals surface area contributed by atoms with Crippen LogP contribution in [0, 0.1) is 21.7 Å². The molecule has 0 amide bonds. The molecule has 0 radical (unpaired) electrons. The number of aliphatic hydroxyl groups excluding tert-OH is 2. The fourth-order valence-corrected chi connectivity index (χ4v) is 10.5. The molecule has 115 heavy (non-hydrogen) atoms. The lowest BCUT2D eigenvalue weighted by Gasteiger charge is -2.36. The normalized spacial score (nSPS) is 11.9. The lowest BCUT2D eigenvalue weighted by molar-refractivity contribution is -0.188. The van der Waals surface area contributed by atoms with Crippen LogP contribution in [0.1, 0.15) is 279 Å². The molecule has 2 N–H and O–H groups in total. The Morgan fingerprint density at radius 1 is 0.261 bits per heavy atom. The first-order chi connectivity index (χ1) is 55.0. The monoisotopic (exact) mass is 1650 g/mol. The summed E-state index contributed by atoms with van der Waals surface area (Å²) in [6, 6.07) is 0. The van der Waals surface area contributed by atoms with Gasteiger partial charge in [-0.25, -0.2) is 0 Å². The van der Waals surface area contributed by atoms with Gasteiger partial charge in [0, 0.05) is 103 Å². The predicted molar refractivity (Wildman–Crippen MR) is 434 cm³/mol. The summed E-state index contributed by atoms with van der Waals surface area (Å²) >= 11 is 0. The number of carbonyl (C=O) groups is 10. The van der Waals surface area contributed by atoms with Crippen molar-refractivity contribution < 1.29 is 124 Å². The standard InChI is InChI=1S/C34H60O13.C28H48O13.C21H42N6/c1-7-13-27(35)42-21-33(22-43-28(36)14-8-2,23-44-29(37)15-9-3)19-41-20-34(24-45-30(38)16-10-4,25-46-31(39)17-11-5)26-47-32(40)18-12-6;1-7-21(29)36-15-27(16-37-22(30)8-2,17-38-23(31)9-3)13-35-14-28(18-39-24(32)10-4,19-40-25(33)11-5)20-41-26(34)12-6;1-7-13-25(14-8-2)19-22-20(26(15-9-3)16-10-4)24-21(23-19)27(17-11-5)18-12-6/h27,35H,7-26H2,1-6H3;21,29H,7-20H2,1-6H3;7-18H2,1-6H3. The van der Waals surface area contributed by atoms with E-state index >= 15 is 0 Å². The van der Waals surface area contributed by atoms with Crippen LogP contribution in [0.5, 0.6) is 0 Å². The molecule has 0 saturated heterocycles. The summed E-state index contributed by atoms with van der Waals surface area (Å²) in [5.74, 6) is -2.42. The van der Waals surface area contributed by atoms with Gasteiger partial charge in [-0.15, -0.1) is 0 Å². The number of aromatic nitrogens is 3. The molecule has 0 bridgehead atoms. The van der Waals surface area contributed by atoms with Crippen LogP contribution < -0.4 is 14.7 Å². The Balaban J connectivity index is 0. The summed E-state index contributed by atoms with van der Waals surface area (Å²) < 4.78 is 78.0. The molecule has 1 aromatic rings. The predicted octanol–water partition coefficient (Wildman–Crippen LogP) is 12.1. The number of aliphatic hydroxyl groups is 2. The molecule has 2 unspecified atom stereocenters. The van der Waals surface area contributed by atoms with E-state index in [4.69, 9.17) is 81.3 Å². The summed E-state index contributed by atoms with van der Waals surface area (Å²) in [5, 5.41) is 20.4. The molecule has 0 aliphatic heterocycles. The topological polar surface area (TPSA) is 389 Å². The summed E-state index contributed by atoms with van der Waals surface area (Å²) in [4.78, 5) is 144. The number of rotatable bonds is 67. The highest BCUT2D eigenvalue weighted by Crippen LogP contribution is 2.30. The van der Waals surface area contributed by atoms with E-state index in [1.54, 1.807) is 41.5 Å². The van der Waals surface area contributed by atoms with Gasteiger partial charge in [0.25, 0.3) is 0 Å². The maximum atomic E-state index is 12.4. The van der Waals surface area contributed by atoms with E-state index in [0.29, 0.717) is 44.9 Å². The van der Waals surface area contributed by atoms with Crippen LogP contribution in [-0.4, -0.2) is 242 Å². The number of hydrogen-bond acceptors (Lipinski definition) is 32. The third-order valence-electron chi connectivity index (χ3n) is 17.2. The maximum Gasteiger partial charge on any atom is 0.305 e. The van der Waals surface area contributed by atoms with Crippen LogP contribution in [0.2, 0.25) is 0 Å². The molecule has 0 aliphatic rings. The number of ether oxygens (including phenoxy) is 14. The lowest BCUT2D eigenvalue weighted by atomic mass is 9.90. The zero-order chi connectivity index (χ0) is 86.9. The van der Waals surface area contributed by atoms with Gasteiger partial charge in [-0.2, -0.15) is 15.0 Å². The Labute approximate surface area is 686 Å². The molecule has 2 atom stereocenters. The Bertz CT molecular complexity index is 2570. The highest BCUT2D eigenvalue weighted by atomic mass is 16.6. The smallest absolute Gasteiger partial charge is 0.305 e. The van der Waals surface area contributed by atoms with Crippen LogP contribution in [0.3, 0.4) is 0 Å². The van der Waals surface area contributed by atoms with Crippen molar-refractivity contribution in [2.75, 3.05) is 160 Å². The van der Waals surface area contributed by atoms with E-state index in [2.05, 4.69) is 56.2 Å². The first kappa shape index (κ1) is 110. The van der Waals surface area contributed by atoms with Crippen LogP contribution in [0.15, 0.2) is 0 Å². The van der Waals surface area contributed by atoms with Crippen molar-refractivity contribution in [2.45, 2.75) is 291 Å². The van der Waals surface area contributed by atoms with Gasteiger partial charge in [0.15, 0.2) is 12.6 Å². The van der Waals surface area contributed by atoms with Gasteiger partial charge < -0.3 is 91.2 Å². The fourth-order valence-electron chi connectivity index (χ4n) is 10.5. The zero-order valence-corrected chi connectivity index (χ0v) is 73.6. The summed E-state index contributed by atoms with van der Waals surface area (Å²) in [7, 11) is 0. The molecular formula is C83H150N6O26. The average molecular weight is 1650 g/mol. The molecule has 668 valence electrons. The third kappa shape index (κ3) is 50.3. The minimum atomic E-state index is -1.29. The first-order valence-corrected chi connectivity index (χ1v) is 42.3. The second kappa shape index (κ2) is 66.8. The van der Waals surface area contributed by atoms with Crippen molar-refractivity contribution in [1.29, 1.82) is 0 Å². The quantitative estimate of drug-likeness (QED) is 0.0347. The van der Waals surface area contributed by atoms with Gasteiger partial charge in [0.05, 0.1) is 61.3 Å². The van der Waals surface area contributed by atoms with Crippen molar-refractivity contribution in [3.05, 3.63) is 0 Å². The molecule has 0 aromatic carbocycles. The zero-order valence-electron chi connectivity index (χ0n) is 73.6. The molecule has 0 saturated carbocycles. The van der Waals surface area contributed by atoms with E-state index in [9.17, 15) is 58.2 Å². The SMILES string of the molecule is CCC(=O)OCC(COCC(COC(=O)CC)(COC(=O)CC)COC(O)CC)(COC(=O)CC)COC(=O)CC.CCCC(=O)OCC(COCC(COC(=O)CCC)(COC(=O)CCC)COC(O)CCC)(COC(=O)CCC)COC(=O)CCC.CCCN(CCC)c1nc(N(CCC)CCC)nc(N(CCC)CCC)n1. The second-order valence-corrected chi connectivity index (χ2v) is 29.0. The molecule has 32 heteroatoms. The van der Waals surface area contributed by atoms with E-state index in [1.807, 2.05) is 41.5 Å². The largest absolute Gasteiger partial charge is 0.465 e. The number of anilines is 3. The molecular weight excluding hydrogens is 1500 g/mol. The van der Waals surface area contributed by atoms with Crippen molar-refractivity contribution in [3.63, 3.8) is 0 Å². The van der Waals surface area contributed by atoms with Gasteiger partial charge in [-0.3, -0.25) is 47.9 Å². The summed E-state index contributed by atoms with van der Waals surface area (Å²) in [6.07, 6.45) is 9.67. The minimum absolute atomic E-state index is 0.0895. The van der Waals surface area contributed by atoms with Crippen molar-refractivity contribution >= 4 is 77.5 Å². The van der Waals surface area contributed by atoms with E-state index in [1.165, 1.54) is 0 Å². The van der Waals surface area contributed by atoms with Gasteiger partial charge >= 0.3 is 59.7 Å². The van der Waals surface area contributed by atoms with Crippen molar-refractivity contribution in [2.24, 2.45) is 21.7 Å². The molecule has 0 spiro atoms. The summed E-state index contributed by atoms with van der Waals surface area (Å²) in [6.45, 7) is 36.0. The Hall–Kier alpha value is -7.13. The number of carbonyl (C=O) groups excluding carboxylic acids is 10. The number of hydrogen-bond donors (Lipinski definition) is 2. The van der Waals surface area contributed by atoms with Crippen molar-refractivity contribution in [3.8, 4) is 0 Å². The number of nitrogens with zero attached hydrogens (tertiary/aromatic N) is 6. The van der Waals surface area contributed by atoms with Crippen LogP contribution in [0.4, 0.5) is 17.8 Å². The molecule has 1 aromatic heterocycles. The Morgan fingerprint density at radius 2 is 0.452 bits per heavy atom. The van der Waals surface area contributed by atoms with Crippen LogP contribution in [-0.2, 0) is 114 Å². The van der Waals surface area contributed by atoms with Crippen LogP contribution >= 0.6 is 0 Å². The highest BCUT2D eigenvalue weighted by molar-refractivity contribution is 5.72. The maximum absolute atomic E-state index is 12.4. The van der Waals surface area contributed by atoms with E-state index in [-0.39, 0.29) is 176 Å². The van der Waals surface area contributed by atoms with Gasteiger partial charge in [-0.1, -0.05) is 131 Å². The Kier molecular flexibility index (Phi) is 63.9. The van der Waals surface area contributed by atoms with Gasteiger partial charge in [0.2, 0.25) is 17.8 Å². The van der Waals surface area contributed by atoms with Gasteiger partial charge in [-0.05, 0) is 83.5 Å². The van der Waals surface area contributed by atoms with Crippen molar-refractivity contribution in [1.82, 2.24) is 15.0 Å². The number of esters is 10. The van der Waals surface area contributed by atoms with E-state index in [0.717, 1.165) is 95.6 Å². The second-order valence-electron chi connectivity index (χ2n) is 29.0. The third-order valence-corrected chi connectivity index (χ3v) is 17.2. The molecule has 32 nitrogen and oxygen atoms in total. The van der Waals surface area contributed by atoms with Gasteiger partial charge in [0.1, 0.15) is 66.1 Å². The molecule has 0 fully saturated rings. The Morgan fingerprint density at radius 3 is 0.626 bits per heavy atom. The molecule has 0 aliphatic carbocycles. The highest BCUT2D eigenvalue weighted by Gasteiger charge is 2.43. The molecule has 1 heterocycles. The lowest BCUT2D eigenvalue weighted by Crippen LogP contribution is -2.47. The summed E-state index contributed by atoms with van der Waals surface area (Å²) in [5.41, 5.74) is -5.06. The van der Waals surface area contributed by atoms with Crippen LogP contribution in [0.25, 0.3) is 0 Å².